The Kier molecular flexibility index (Phi) is 1.16. The Morgan fingerprint density at radius 1 is 1.29 bits per heavy atom. The van der Waals surface area contributed by atoms with Crippen LogP contribution in [0.15, 0.2) is 30.3 Å². The van der Waals surface area contributed by atoms with Crippen LogP contribution in [0.1, 0.15) is 51.4 Å². The second-order valence-electron chi connectivity index (χ2n) is 3.25. The van der Waals surface area contributed by atoms with Crippen LogP contribution in [0, 0.1) is 5.21 Å². The van der Waals surface area contributed by atoms with E-state index in [1.54, 1.807) is 18.2 Å². The molecule has 0 spiro atoms. The van der Waals surface area contributed by atoms with Crippen molar-refractivity contribution in [2.75, 3.05) is 0 Å². The molecule has 0 fully saturated rings. The third-order valence-electron chi connectivity index (χ3n) is 2.06. The van der Waals surface area contributed by atoms with Crippen molar-refractivity contribution < 1.29 is 17.4 Å². The molecule has 0 aliphatic carbocycles. The van der Waals surface area contributed by atoms with Crippen molar-refractivity contribution in [1.82, 2.24) is 0 Å². The molecule has 2 heteroatoms. The van der Waals surface area contributed by atoms with Gasteiger partial charge in [-0.2, -0.15) is 0 Å². The number of rotatable bonds is 2. The van der Waals surface area contributed by atoms with Crippen LogP contribution in [0.4, 0.5) is 0 Å². The summed E-state index contributed by atoms with van der Waals surface area (Å²) >= 11 is 0. The van der Waals surface area contributed by atoms with E-state index in [1.165, 1.54) is 19.1 Å². The summed E-state index contributed by atoms with van der Waals surface area (Å²) in [4.78, 5) is 0. The summed E-state index contributed by atoms with van der Waals surface area (Å²) in [6.45, 7) is -9.22. The van der Waals surface area contributed by atoms with Crippen LogP contribution in [0.2, 0.25) is 0 Å². The Morgan fingerprint density at radius 2 is 1.86 bits per heavy atom. The van der Waals surface area contributed by atoms with E-state index >= 15 is 0 Å². The highest BCUT2D eigenvalue weighted by molar-refractivity contribution is 5.16. The zero-order valence-electron chi connectivity index (χ0n) is 16.9. The van der Waals surface area contributed by atoms with Crippen molar-refractivity contribution in [1.29, 1.82) is 0 Å². The van der Waals surface area contributed by atoms with E-state index < -0.39 is 37.2 Å². The molecule has 0 saturated heterocycles. The molecule has 2 unspecified atom stereocenters. The molecule has 0 heterocycles. The molecule has 0 aliphatic rings. The number of quaternary nitrogens is 1. The molecule has 0 amide bonds. The molecule has 2 nitrogen and oxygen atoms in total. The lowest BCUT2D eigenvalue weighted by Crippen LogP contribution is -3.14. The summed E-state index contributed by atoms with van der Waals surface area (Å²) in [5.74, 6) is 0. The summed E-state index contributed by atoms with van der Waals surface area (Å²) < 4.78 is 67.7. The molecule has 0 bridgehead atoms. The Balaban J connectivity index is 3.58. The monoisotopic (exact) mass is 202 g/mol. The number of benzene rings is 1. The average Bonchev–Trinajstić information content (AvgIpc) is 2.34. The molecule has 1 aromatic carbocycles. The topological polar surface area (TPSA) is 27.5 Å². The zero-order chi connectivity index (χ0) is 18.3. The van der Waals surface area contributed by atoms with E-state index in [4.69, 9.17) is 12.3 Å². The molecule has 1 aromatic rings. The third-order valence-corrected chi connectivity index (χ3v) is 2.06. The van der Waals surface area contributed by atoms with Gasteiger partial charge in [0.15, 0.2) is 0 Å². The fourth-order valence-corrected chi connectivity index (χ4v) is 1.22. The molecule has 1 rings (SSSR count). The van der Waals surface area contributed by atoms with Crippen molar-refractivity contribution in [2.24, 2.45) is 0 Å². The van der Waals surface area contributed by atoms with Gasteiger partial charge in [0, 0.05) is 17.9 Å². The molecular formula is C12H19NO. The first-order valence-corrected chi connectivity index (χ1v) is 4.27. The lowest BCUT2D eigenvalue weighted by molar-refractivity contribution is -0.927. The summed E-state index contributed by atoms with van der Waals surface area (Å²) in [6, 6.07) is 6.72. The predicted octanol–water partition coefficient (Wildman–Crippen LogP) is 1.93. The van der Waals surface area contributed by atoms with Gasteiger partial charge in [0.1, 0.15) is 6.04 Å². The molecule has 0 aromatic heterocycles. The lowest BCUT2D eigenvalue weighted by atomic mass is 10.0. The third kappa shape index (κ3) is 2.56. The lowest BCUT2D eigenvalue weighted by Gasteiger charge is -2.40. The Bertz CT molecular complexity index is 484. The maximum absolute atomic E-state index is 12.8. The van der Waals surface area contributed by atoms with Crippen LogP contribution in [0.5, 0.6) is 0 Å². The van der Waals surface area contributed by atoms with Crippen LogP contribution in [-0.4, -0.2) is 5.54 Å². The van der Waals surface area contributed by atoms with Gasteiger partial charge in [-0.3, -0.25) is 0 Å². The Labute approximate surface area is 98.8 Å². The van der Waals surface area contributed by atoms with Crippen molar-refractivity contribution >= 4 is 0 Å². The van der Waals surface area contributed by atoms with Crippen molar-refractivity contribution in [3.8, 4) is 0 Å². The molecule has 0 saturated carbocycles. The molecule has 14 heavy (non-hydrogen) atoms. The Morgan fingerprint density at radius 3 is 2.36 bits per heavy atom. The van der Waals surface area contributed by atoms with Crippen LogP contribution in [0.3, 0.4) is 0 Å². The van der Waals surface area contributed by atoms with Gasteiger partial charge in [0.2, 0.25) is 0 Å². The highest BCUT2D eigenvalue weighted by Crippen LogP contribution is 2.10. The predicted molar refractivity (Wildman–Crippen MR) is 58.9 cm³/mol. The van der Waals surface area contributed by atoms with Crippen molar-refractivity contribution in [2.45, 2.75) is 39.1 Å². The standard InChI is InChI=1S/C12H19NO/c1-10(13(14)12(2,3)4)11-8-6-5-7-9-11/h5-10,13H,1-4H3/i2D3,3D3,4D3. The molecule has 78 valence electrons. The smallest absolute Gasteiger partial charge is 0.110 e. The number of hydroxylamine groups is 2. The maximum atomic E-state index is 12.8. The van der Waals surface area contributed by atoms with E-state index in [0.29, 0.717) is 5.56 Å². The van der Waals surface area contributed by atoms with Crippen LogP contribution < -0.4 is 5.06 Å². The summed E-state index contributed by atoms with van der Waals surface area (Å²) in [6.07, 6.45) is 0. The van der Waals surface area contributed by atoms with Gasteiger partial charge < -0.3 is 10.3 Å². The normalized spacial score (nSPS) is 28.6. The average molecular weight is 202 g/mol. The van der Waals surface area contributed by atoms with Crippen molar-refractivity contribution in [3.63, 3.8) is 0 Å². The minimum Gasteiger partial charge on any atom is -0.633 e. The molecule has 0 radical (unpaired) electrons. The minimum atomic E-state index is -3.51. The van der Waals surface area contributed by atoms with E-state index in [1.807, 2.05) is 0 Å². The van der Waals surface area contributed by atoms with Gasteiger partial charge in [-0.15, -0.1) is 0 Å². The first-order chi connectivity index (χ1) is 10.2. The van der Waals surface area contributed by atoms with E-state index in [9.17, 15) is 5.21 Å². The number of hydrogen-bond acceptors (Lipinski definition) is 1. The molecule has 2 atom stereocenters. The quantitative estimate of drug-likeness (QED) is 0.729. The van der Waals surface area contributed by atoms with E-state index in [-0.39, 0.29) is 0 Å². The van der Waals surface area contributed by atoms with E-state index in [0.717, 1.165) is 0 Å². The first-order valence-electron chi connectivity index (χ1n) is 8.77. The van der Waals surface area contributed by atoms with Crippen LogP contribution >= 0.6 is 0 Å². The fourth-order valence-electron chi connectivity index (χ4n) is 1.22. The zero-order valence-corrected chi connectivity index (χ0v) is 7.87. The fraction of sp³-hybridized carbons (Fsp3) is 0.500. The largest absolute Gasteiger partial charge is 0.633 e. The SMILES string of the molecule is [2H]C([2H])([2H])C([NH+]([O-])C(C)c1ccccc1)(C([2H])([2H])[2H])C([2H])([2H])[2H]. The van der Waals surface area contributed by atoms with Gasteiger partial charge in [-0.05, 0) is 27.5 Å². The van der Waals surface area contributed by atoms with Crippen molar-refractivity contribution in [3.05, 3.63) is 41.1 Å². The van der Waals surface area contributed by atoms with Gasteiger partial charge in [-0.25, -0.2) is 0 Å². The minimum absolute atomic E-state index is 0.361. The number of nitrogens with one attached hydrogen (secondary N) is 1. The maximum Gasteiger partial charge on any atom is 0.110 e. The highest BCUT2D eigenvalue weighted by Gasteiger charge is 2.23. The van der Waals surface area contributed by atoms with E-state index in [2.05, 4.69) is 0 Å². The van der Waals surface area contributed by atoms with Gasteiger partial charge in [0.05, 0.1) is 5.54 Å². The molecule has 0 aliphatic heterocycles. The van der Waals surface area contributed by atoms with Gasteiger partial charge >= 0.3 is 0 Å². The summed E-state index contributed by atoms with van der Waals surface area (Å²) in [5.41, 5.74) is -3.08. The van der Waals surface area contributed by atoms with Gasteiger partial charge in [0.25, 0.3) is 0 Å². The van der Waals surface area contributed by atoms with Gasteiger partial charge in [-0.1, -0.05) is 30.3 Å². The van der Waals surface area contributed by atoms with Crippen LogP contribution in [-0.2, 0) is 0 Å². The first kappa shape index (κ1) is 3.95. The number of hydrogen-bond donors (Lipinski definition) is 1. The summed E-state index contributed by atoms with van der Waals surface area (Å²) in [5, 5.41) is 11.5. The highest BCUT2D eigenvalue weighted by atomic mass is 16.5. The second kappa shape index (κ2) is 4.11. The second-order valence-corrected chi connectivity index (χ2v) is 3.25. The molecular weight excluding hydrogens is 174 g/mol. The Hall–Kier alpha value is -0.860. The molecule has 1 N–H and O–H groups in total. The van der Waals surface area contributed by atoms with Crippen LogP contribution in [0.25, 0.3) is 0 Å². The summed E-state index contributed by atoms with van der Waals surface area (Å²) in [7, 11) is 0.